The van der Waals surface area contributed by atoms with Crippen LogP contribution in [0.5, 0.6) is 5.75 Å². The standard InChI is InChI=1S/C25H18FN7O/c26-22-15(9-6-12-18(22)34)23-21-24(27)29-19(30-25(21)32-31-23)13-20-28-16-10-4-5-11-17(16)33(20)14-7-2-1-3-8-14/h1-12,34H,13H2,(H3,27,29,30,31,32). The Balaban J connectivity index is 1.46. The Morgan fingerprint density at radius 2 is 1.71 bits per heavy atom. The summed E-state index contributed by atoms with van der Waals surface area (Å²) in [5.74, 6) is 0.117. The molecule has 3 aromatic carbocycles. The predicted octanol–water partition coefficient (Wildman–Crippen LogP) is 4.38. The van der Waals surface area contributed by atoms with E-state index in [0.29, 0.717) is 29.0 Å². The molecule has 6 rings (SSSR count). The number of imidazole rings is 1. The summed E-state index contributed by atoms with van der Waals surface area (Å²) in [6, 6.07) is 22.2. The number of phenols is 1. The van der Waals surface area contributed by atoms with Crippen molar-refractivity contribution in [1.29, 1.82) is 0 Å². The van der Waals surface area contributed by atoms with Gasteiger partial charge in [-0.15, -0.1) is 0 Å². The van der Waals surface area contributed by atoms with Crippen molar-refractivity contribution in [3.05, 3.63) is 90.3 Å². The van der Waals surface area contributed by atoms with E-state index < -0.39 is 11.6 Å². The molecule has 0 bridgehead atoms. The Morgan fingerprint density at radius 3 is 2.56 bits per heavy atom. The van der Waals surface area contributed by atoms with Crippen LogP contribution in [-0.2, 0) is 6.42 Å². The maximum atomic E-state index is 14.5. The van der Waals surface area contributed by atoms with Crippen molar-refractivity contribution in [1.82, 2.24) is 29.7 Å². The van der Waals surface area contributed by atoms with Gasteiger partial charge in [0, 0.05) is 11.3 Å². The van der Waals surface area contributed by atoms with Crippen LogP contribution in [0.4, 0.5) is 10.2 Å². The van der Waals surface area contributed by atoms with Crippen LogP contribution in [0.3, 0.4) is 0 Å². The smallest absolute Gasteiger partial charge is 0.187 e. The number of nitrogen functional groups attached to an aromatic ring is 1. The van der Waals surface area contributed by atoms with Crippen LogP contribution in [-0.4, -0.2) is 34.8 Å². The van der Waals surface area contributed by atoms with E-state index in [4.69, 9.17) is 10.7 Å². The van der Waals surface area contributed by atoms with E-state index in [0.717, 1.165) is 22.5 Å². The summed E-state index contributed by atoms with van der Waals surface area (Å²) >= 11 is 0. The van der Waals surface area contributed by atoms with Crippen molar-refractivity contribution in [2.75, 3.05) is 5.73 Å². The topological polar surface area (TPSA) is 119 Å². The molecule has 0 spiro atoms. The molecule has 9 heteroatoms. The predicted molar refractivity (Wildman–Crippen MR) is 127 cm³/mol. The number of phenolic OH excluding ortho intramolecular Hbond substituents is 1. The first-order chi connectivity index (χ1) is 16.6. The van der Waals surface area contributed by atoms with E-state index in [2.05, 4.69) is 24.7 Å². The van der Waals surface area contributed by atoms with Crippen LogP contribution in [0.25, 0.3) is 39.0 Å². The fourth-order valence-electron chi connectivity index (χ4n) is 4.19. The molecule has 6 aromatic rings. The van der Waals surface area contributed by atoms with Gasteiger partial charge in [-0.25, -0.2) is 19.3 Å². The molecule has 34 heavy (non-hydrogen) atoms. The first-order valence-electron chi connectivity index (χ1n) is 10.6. The average Bonchev–Trinajstić information content (AvgIpc) is 3.43. The van der Waals surface area contributed by atoms with Gasteiger partial charge in [-0.05, 0) is 36.4 Å². The summed E-state index contributed by atoms with van der Waals surface area (Å²) in [6.45, 7) is 0. The summed E-state index contributed by atoms with van der Waals surface area (Å²) in [7, 11) is 0. The maximum absolute atomic E-state index is 14.5. The summed E-state index contributed by atoms with van der Waals surface area (Å²) in [4.78, 5) is 13.8. The number of para-hydroxylation sites is 3. The van der Waals surface area contributed by atoms with Crippen LogP contribution in [0.15, 0.2) is 72.8 Å². The second-order valence-electron chi connectivity index (χ2n) is 7.83. The number of aromatic nitrogens is 6. The second kappa shape index (κ2) is 7.66. The normalized spacial score (nSPS) is 11.4. The minimum absolute atomic E-state index is 0.136. The number of hydrogen-bond acceptors (Lipinski definition) is 6. The summed E-state index contributed by atoms with van der Waals surface area (Å²) in [6.07, 6.45) is 0.312. The molecule has 0 fully saturated rings. The first kappa shape index (κ1) is 19.9. The molecular formula is C25H18FN7O. The van der Waals surface area contributed by atoms with Crippen LogP contribution in [0.2, 0.25) is 0 Å². The number of hydrogen-bond donors (Lipinski definition) is 3. The van der Waals surface area contributed by atoms with Gasteiger partial charge in [-0.1, -0.05) is 36.4 Å². The van der Waals surface area contributed by atoms with E-state index in [9.17, 15) is 9.50 Å². The van der Waals surface area contributed by atoms with Crippen LogP contribution in [0, 0.1) is 5.82 Å². The monoisotopic (exact) mass is 451 g/mol. The highest BCUT2D eigenvalue weighted by Gasteiger charge is 2.20. The lowest BCUT2D eigenvalue weighted by Gasteiger charge is -2.09. The fraction of sp³-hybridized carbons (Fsp3) is 0.0400. The van der Waals surface area contributed by atoms with Crippen molar-refractivity contribution < 1.29 is 9.50 Å². The zero-order chi connectivity index (χ0) is 23.2. The SMILES string of the molecule is Nc1nc(Cc2nc3ccccc3n2-c2ccccc2)nc2n[nH]c(-c3cccc(O)c3F)c12. The number of benzene rings is 3. The third-order valence-corrected chi connectivity index (χ3v) is 5.70. The highest BCUT2D eigenvalue weighted by molar-refractivity contribution is 5.98. The van der Waals surface area contributed by atoms with Gasteiger partial charge in [0.15, 0.2) is 17.2 Å². The molecule has 0 saturated heterocycles. The molecule has 0 aliphatic carbocycles. The number of nitrogens with zero attached hydrogens (tertiary/aromatic N) is 5. The van der Waals surface area contributed by atoms with E-state index in [-0.39, 0.29) is 11.4 Å². The van der Waals surface area contributed by atoms with Crippen molar-refractivity contribution in [3.8, 4) is 22.7 Å². The minimum atomic E-state index is -0.770. The zero-order valence-electron chi connectivity index (χ0n) is 17.8. The Labute approximate surface area is 192 Å². The lowest BCUT2D eigenvalue weighted by atomic mass is 10.1. The van der Waals surface area contributed by atoms with Gasteiger partial charge in [-0.2, -0.15) is 5.10 Å². The van der Waals surface area contributed by atoms with Gasteiger partial charge in [0.25, 0.3) is 0 Å². The van der Waals surface area contributed by atoms with E-state index in [1.807, 2.05) is 54.6 Å². The number of halogens is 1. The van der Waals surface area contributed by atoms with Gasteiger partial charge in [0.1, 0.15) is 17.5 Å². The third kappa shape index (κ3) is 3.14. The number of H-pyrrole nitrogens is 1. The van der Waals surface area contributed by atoms with Crippen molar-refractivity contribution >= 4 is 27.9 Å². The van der Waals surface area contributed by atoms with Gasteiger partial charge in [0.2, 0.25) is 0 Å². The van der Waals surface area contributed by atoms with Crippen LogP contribution >= 0.6 is 0 Å². The number of aromatic hydroxyl groups is 1. The Kier molecular flexibility index (Phi) is 4.48. The maximum Gasteiger partial charge on any atom is 0.187 e. The molecule has 0 amide bonds. The molecule has 8 nitrogen and oxygen atoms in total. The number of rotatable bonds is 4. The minimum Gasteiger partial charge on any atom is -0.505 e. The molecule has 0 aliphatic heterocycles. The van der Waals surface area contributed by atoms with Crippen molar-refractivity contribution in [2.24, 2.45) is 0 Å². The van der Waals surface area contributed by atoms with Crippen LogP contribution < -0.4 is 5.73 Å². The molecule has 0 unspecified atom stereocenters. The average molecular weight is 451 g/mol. The highest BCUT2D eigenvalue weighted by Crippen LogP contribution is 2.33. The molecular weight excluding hydrogens is 433 g/mol. The number of nitrogens with one attached hydrogen (secondary N) is 1. The Bertz CT molecular complexity index is 1670. The number of nitrogens with two attached hydrogens (primary N) is 1. The first-order valence-corrected chi connectivity index (χ1v) is 10.6. The zero-order valence-corrected chi connectivity index (χ0v) is 17.8. The highest BCUT2D eigenvalue weighted by atomic mass is 19.1. The Hall–Kier alpha value is -4.79. The second-order valence-corrected chi connectivity index (χ2v) is 7.83. The summed E-state index contributed by atoms with van der Waals surface area (Å²) in [5.41, 5.74) is 9.84. The van der Waals surface area contributed by atoms with Gasteiger partial charge in [0.05, 0.1) is 28.5 Å². The molecule has 3 heterocycles. The molecule has 3 aromatic heterocycles. The van der Waals surface area contributed by atoms with Crippen molar-refractivity contribution in [2.45, 2.75) is 6.42 Å². The van der Waals surface area contributed by atoms with Gasteiger partial charge < -0.3 is 10.8 Å². The Morgan fingerprint density at radius 1 is 0.912 bits per heavy atom. The number of anilines is 1. The quantitative estimate of drug-likeness (QED) is 0.366. The largest absolute Gasteiger partial charge is 0.505 e. The lowest BCUT2D eigenvalue weighted by Crippen LogP contribution is -2.07. The molecule has 4 N–H and O–H groups in total. The van der Waals surface area contributed by atoms with E-state index >= 15 is 0 Å². The molecule has 0 atom stereocenters. The van der Waals surface area contributed by atoms with Crippen LogP contribution in [0.1, 0.15) is 11.6 Å². The van der Waals surface area contributed by atoms with E-state index in [1.165, 1.54) is 12.1 Å². The lowest BCUT2D eigenvalue weighted by molar-refractivity contribution is 0.433. The molecule has 0 radical (unpaired) electrons. The molecule has 0 saturated carbocycles. The van der Waals surface area contributed by atoms with Gasteiger partial charge in [-0.3, -0.25) is 9.67 Å². The number of aromatic amines is 1. The van der Waals surface area contributed by atoms with E-state index in [1.54, 1.807) is 6.07 Å². The molecule has 0 aliphatic rings. The van der Waals surface area contributed by atoms with Gasteiger partial charge >= 0.3 is 0 Å². The number of fused-ring (bicyclic) bond motifs is 2. The molecule has 166 valence electrons. The fourth-order valence-corrected chi connectivity index (χ4v) is 4.19. The summed E-state index contributed by atoms with van der Waals surface area (Å²) in [5, 5.41) is 17.1. The third-order valence-electron chi connectivity index (χ3n) is 5.70. The van der Waals surface area contributed by atoms with Crippen molar-refractivity contribution in [3.63, 3.8) is 0 Å². The summed E-state index contributed by atoms with van der Waals surface area (Å²) < 4.78 is 16.6.